The summed E-state index contributed by atoms with van der Waals surface area (Å²) in [5.74, 6) is 0. The second-order valence-corrected chi connectivity index (χ2v) is 1.69. The van der Waals surface area contributed by atoms with Gasteiger partial charge in [-0.25, -0.2) is 4.79 Å². The van der Waals surface area contributed by atoms with Crippen LogP contribution in [0.25, 0.3) is 0 Å². The first-order valence-corrected chi connectivity index (χ1v) is 1.85. The van der Waals surface area contributed by atoms with Crippen molar-refractivity contribution in [3.05, 3.63) is 0 Å². The summed E-state index contributed by atoms with van der Waals surface area (Å²) in [6, 6.07) is 0. The Morgan fingerprint density at radius 3 is 1.50 bits per heavy atom. The summed E-state index contributed by atoms with van der Waals surface area (Å²) in [6.07, 6.45) is -1.18. The third kappa shape index (κ3) is 12.0. The van der Waals surface area contributed by atoms with Crippen LogP contribution in [0, 0.1) is 0 Å². The van der Waals surface area contributed by atoms with Gasteiger partial charge in [0.2, 0.25) is 0 Å². The van der Waals surface area contributed by atoms with Gasteiger partial charge in [0.05, 0.1) is 0 Å². The van der Waals surface area contributed by atoms with E-state index in [1.165, 1.54) is 0 Å². The van der Waals surface area contributed by atoms with E-state index in [2.05, 4.69) is 25.6 Å². The van der Waals surface area contributed by atoms with Crippen LogP contribution in [0.15, 0.2) is 0 Å². The first-order valence-electron chi connectivity index (χ1n) is 1.05. The van der Waals surface area contributed by atoms with Gasteiger partial charge in [-0.3, -0.25) is 0 Å². The maximum atomic E-state index is 9.47. The monoisotopic (exact) mass is 205 g/mol. The van der Waals surface area contributed by atoms with Crippen LogP contribution in [-0.2, 0) is 0 Å². The van der Waals surface area contributed by atoms with Crippen LogP contribution in [-0.4, -0.2) is 118 Å². The number of carbonyl (C=O) groups is 1. The van der Waals surface area contributed by atoms with Gasteiger partial charge in [0.15, 0.2) is 0 Å². The van der Waals surface area contributed by atoms with Gasteiger partial charge < -0.3 is 5.11 Å². The van der Waals surface area contributed by atoms with Gasteiger partial charge in [-0.05, 0) is 25.6 Å². The summed E-state index contributed by atoms with van der Waals surface area (Å²) < 4.78 is 0.472. The Bertz CT molecular complexity index is 69.1. The van der Waals surface area contributed by atoms with E-state index in [0.717, 1.165) is 0 Å². The van der Waals surface area contributed by atoms with Crippen LogP contribution in [0.1, 0.15) is 0 Å². The van der Waals surface area contributed by atoms with Crippen LogP contribution >= 0.6 is 25.6 Å². The molecule has 0 aromatic carbocycles. The predicted octanol–water partition coefficient (Wildman–Crippen LogP) is -0.641. The van der Waals surface area contributed by atoms with Gasteiger partial charge >= 0.3 is 109 Å². The fourth-order valence-electron chi connectivity index (χ4n) is 0. The Balaban J connectivity index is -0.000000125. The number of hydrogen-bond donors (Lipinski definition) is 3. The molecule has 7 heteroatoms. The van der Waals surface area contributed by atoms with Crippen molar-refractivity contribution >= 4 is 134 Å². The molecular formula is CH5K2NO2S2. The molecule has 8 heavy (non-hydrogen) atoms. The van der Waals surface area contributed by atoms with Crippen LogP contribution in [0.5, 0.6) is 0 Å². The zero-order valence-electron chi connectivity index (χ0n) is 2.70. The zero-order chi connectivity index (χ0) is 5.15. The van der Waals surface area contributed by atoms with Crippen molar-refractivity contribution in [2.24, 2.45) is 0 Å². The van der Waals surface area contributed by atoms with Crippen LogP contribution in [0.4, 0.5) is 4.79 Å². The Morgan fingerprint density at radius 2 is 1.50 bits per heavy atom. The Kier molecular flexibility index (Phi) is 22.2. The molecule has 0 aliphatic rings. The van der Waals surface area contributed by atoms with Crippen LogP contribution in [0.3, 0.4) is 0 Å². The van der Waals surface area contributed by atoms with E-state index in [9.17, 15) is 4.79 Å². The van der Waals surface area contributed by atoms with E-state index < -0.39 is 6.09 Å². The number of carboxylic acid groups (broad SMARTS) is 1. The fraction of sp³-hybridized carbons (Fsp3) is 0. The molecule has 0 atom stereocenters. The van der Waals surface area contributed by atoms with E-state index in [-0.39, 0.29) is 103 Å². The number of amides is 1. The normalized spacial score (nSPS) is 5.75. The van der Waals surface area contributed by atoms with Crippen molar-refractivity contribution in [2.75, 3.05) is 0 Å². The molecule has 0 spiro atoms. The average molecular weight is 205 g/mol. The molecular weight excluding hydrogens is 200 g/mol. The van der Waals surface area contributed by atoms with Crippen LogP contribution in [0.2, 0.25) is 0 Å². The molecule has 0 fully saturated rings. The summed E-state index contributed by atoms with van der Waals surface area (Å²) in [4.78, 5) is 9.47. The Labute approximate surface area is 144 Å². The number of hydrogen-bond acceptors (Lipinski definition) is 3. The van der Waals surface area contributed by atoms with Gasteiger partial charge in [-0.15, -0.1) is 0 Å². The minimum atomic E-state index is -1.18. The Morgan fingerprint density at radius 1 is 1.38 bits per heavy atom. The molecule has 0 heterocycles. The number of rotatable bonds is 0. The van der Waals surface area contributed by atoms with E-state index in [0.29, 0.717) is 3.71 Å². The zero-order valence-corrected chi connectivity index (χ0v) is 4.49. The van der Waals surface area contributed by atoms with Crippen molar-refractivity contribution in [3.8, 4) is 0 Å². The molecule has 1 amide bonds. The summed E-state index contributed by atoms with van der Waals surface area (Å²) in [7, 11) is 0. The third-order valence-electron chi connectivity index (χ3n) is 0.171. The van der Waals surface area contributed by atoms with E-state index in [1.807, 2.05) is 0 Å². The molecule has 40 valence electrons. The fourth-order valence-corrected chi connectivity index (χ4v) is 0. The predicted molar refractivity (Wildman–Crippen MR) is 42.1 cm³/mol. The summed E-state index contributed by atoms with van der Waals surface area (Å²) >= 11 is 6.58. The quantitative estimate of drug-likeness (QED) is 0.364. The molecule has 0 rings (SSSR count). The molecule has 0 radical (unpaired) electrons. The summed E-state index contributed by atoms with van der Waals surface area (Å²) in [5.41, 5.74) is 0. The molecule has 0 saturated heterocycles. The number of nitrogens with zero attached hydrogens (tertiary/aromatic N) is 1. The molecule has 0 saturated carbocycles. The molecule has 0 bridgehead atoms. The molecule has 0 aromatic heterocycles. The van der Waals surface area contributed by atoms with Crippen molar-refractivity contribution in [3.63, 3.8) is 0 Å². The topological polar surface area (TPSA) is 40.5 Å². The standard InChI is InChI=1S/CH3NO2S2.2K.2H/c3-1(4)2(5)6;;;;/h5-6H,(H,3,4);;;;. The molecule has 1 N–H and O–H groups in total. The van der Waals surface area contributed by atoms with E-state index >= 15 is 0 Å². The molecule has 3 nitrogen and oxygen atoms in total. The molecule has 0 aliphatic heterocycles. The first-order chi connectivity index (χ1) is 2.64. The third-order valence-corrected chi connectivity index (χ3v) is 0.513. The maximum absolute atomic E-state index is 9.47. The number of thiol groups is 2. The van der Waals surface area contributed by atoms with Crippen molar-refractivity contribution < 1.29 is 9.90 Å². The Hall–Kier alpha value is 3.24. The minimum absolute atomic E-state index is 0. The summed E-state index contributed by atoms with van der Waals surface area (Å²) in [6.45, 7) is 0. The second-order valence-electron chi connectivity index (χ2n) is 0.572. The molecule has 0 aliphatic carbocycles. The SMILES string of the molecule is O=C(O)N(S)S.[KH].[KH]. The summed E-state index contributed by atoms with van der Waals surface area (Å²) in [5, 5.41) is 7.76. The average Bonchev–Trinajstić information content (AvgIpc) is 1.36. The van der Waals surface area contributed by atoms with Crippen molar-refractivity contribution in [2.45, 2.75) is 0 Å². The van der Waals surface area contributed by atoms with Crippen LogP contribution < -0.4 is 0 Å². The molecule has 0 unspecified atom stereocenters. The van der Waals surface area contributed by atoms with Gasteiger partial charge in [0, 0.05) is 0 Å². The van der Waals surface area contributed by atoms with Gasteiger partial charge in [-0.1, -0.05) is 0 Å². The second kappa shape index (κ2) is 10.2. The molecule has 0 aromatic rings. The van der Waals surface area contributed by atoms with Gasteiger partial charge in [0.25, 0.3) is 0 Å². The first kappa shape index (κ1) is 17.4. The van der Waals surface area contributed by atoms with Gasteiger partial charge in [0.1, 0.15) is 0 Å². The van der Waals surface area contributed by atoms with Gasteiger partial charge in [-0.2, -0.15) is 3.71 Å². The van der Waals surface area contributed by atoms with Crippen molar-refractivity contribution in [1.29, 1.82) is 0 Å². The van der Waals surface area contributed by atoms with E-state index in [4.69, 9.17) is 5.11 Å². The van der Waals surface area contributed by atoms with E-state index in [1.54, 1.807) is 0 Å². The van der Waals surface area contributed by atoms with Crippen molar-refractivity contribution in [1.82, 2.24) is 3.71 Å².